The van der Waals surface area contributed by atoms with Crippen molar-refractivity contribution in [2.24, 2.45) is 0 Å². The fourth-order valence-corrected chi connectivity index (χ4v) is 2.62. The monoisotopic (exact) mass is 390 g/mol. The quantitative estimate of drug-likeness (QED) is 0.721. The topological polar surface area (TPSA) is 85.6 Å². The lowest BCUT2D eigenvalue weighted by Gasteiger charge is -2.14. The molecule has 2 aromatic heterocycles. The Morgan fingerprint density at radius 2 is 1.96 bits per heavy atom. The summed E-state index contributed by atoms with van der Waals surface area (Å²) in [4.78, 5) is 15.7. The summed E-state index contributed by atoms with van der Waals surface area (Å²) < 4.78 is 40.0. The Balaban J connectivity index is 1.74. The number of anilines is 1. The van der Waals surface area contributed by atoms with E-state index in [-0.39, 0.29) is 11.6 Å². The summed E-state index contributed by atoms with van der Waals surface area (Å²) in [7, 11) is 0. The van der Waals surface area contributed by atoms with E-state index in [0.29, 0.717) is 18.1 Å². The zero-order valence-electron chi connectivity index (χ0n) is 15.1. The molecule has 3 aromatic rings. The molecule has 0 aliphatic rings. The lowest BCUT2D eigenvalue weighted by atomic mass is 10.0. The highest BCUT2D eigenvalue weighted by Gasteiger charge is 2.32. The molecule has 0 fully saturated rings. The second-order valence-corrected chi connectivity index (χ2v) is 6.29. The van der Waals surface area contributed by atoms with E-state index in [4.69, 9.17) is 0 Å². The molecule has 1 aromatic carbocycles. The summed E-state index contributed by atoms with van der Waals surface area (Å²) >= 11 is 0. The molecule has 1 N–H and O–H groups in total. The van der Waals surface area contributed by atoms with Crippen LogP contribution in [0, 0.1) is 6.92 Å². The van der Waals surface area contributed by atoms with Crippen molar-refractivity contribution in [3.63, 3.8) is 0 Å². The minimum Gasteiger partial charge on any atom is -0.321 e. The molecule has 1 unspecified atom stereocenters. The molecule has 146 valence electrons. The van der Waals surface area contributed by atoms with Gasteiger partial charge in [0.05, 0.1) is 6.54 Å². The second kappa shape index (κ2) is 7.75. The highest BCUT2D eigenvalue weighted by Crippen LogP contribution is 2.27. The van der Waals surface area contributed by atoms with Crippen LogP contribution >= 0.6 is 0 Å². The number of aryl methyl sites for hydroxylation is 1. The molecular weight excluding hydrogens is 373 g/mol. The van der Waals surface area contributed by atoms with E-state index >= 15 is 0 Å². The summed E-state index contributed by atoms with van der Waals surface area (Å²) in [5, 5.41) is 13.9. The molecule has 10 heteroatoms. The van der Waals surface area contributed by atoms with Gasteiger partial charge in [0.25, 0.3) is 5.91 Å². The number of alkyl halides is 3. The number of hydrogen-bond acceptors (Lipinski definition) is 5. The van der Waals surface area contributed by atoms with Gasteiger partial charge in [0.2, 0.25) is 0 Å². The first-order chi connectivity index (χ1) is 13.2. The van der Waals surface area contributed by atoms with Crippen molar-refractivity contribution in [3.05, 3.63) is 65.2 Å². The molecule has 0 spiro atoms. The van der Waals surface area contributed by atoms with Crippen molar-refractivity contribution >= 4 is 11.6 Å². The molecule has 0 saturated carbocycles. The number of carbonyl (C=O) groups is 1. The van der Waals surface area contributed by atoms with E-state index in [1.807, 2.05) is 13.0 Å². The van der Waals surface area contributed by atoms with E-state index in [9.17, 15) is 18.0 Å². The summed E-state index contributed by atoms with van der Waals surface area (Å²) in [6.45, 7) is 4.33. The van der Waals surface area contributed by atoms with Crippen molar-refractivity contribution in [1.82, 2.24) is 25.2 Å². The average molecular weight is 390 g/mol. The van der Waals surface area contributed by atoms with Crippen LogP contribution in [0.4, 0.5) is 18.9 Å². The maximum atomic E-state index is 12.8. The number of rotatable bonds is 5. The van der Waals surface area contributed by atoms with E-state index < -0.39 is 17.8 Å². The van der Waals surface area contributed by atoms with Crippen molar-refractivity contribution < 1.29 is 18.0 Å². The molecule has 0 aliphatic heterocycles. The Morgan fingerprint density at radius 3 is 2.64 bits per heavy atom. The SMILES string of the molecule is Cc1nnnn1CC(C)c1cccc(NC(=O)c2cccc(C(F)(F)F)n2)c1. The lowest BCUT2D eigenvalue weighted by molar-refractivity contribution is -0.141. The Morgan fingerprint density at radius 1 is 1.21 bits per heavy atom. The first-order valence-electron chi connectivity index (χ1n) is 8.42. The van der Waals surface area contributed by atoms with E-state index in [2.05, 4.69) is 25.8 Å². The van der Waals surface area contributed by atoms with Gasteiger partial charge in [-0.05, 0) is 47.2 Å². The van der Waals surface area contributed by atoms with Crippen molar-refractivity contribution in [2.75, 3.05) is 5.32 Å². The van der Waals surface area contributed by atoms with Crippen LogP contribution in [0.1, 0.15) is 40.4 Å². The van der Waals surface area contributed by atoms with Gasteiger partial charge in [0, 0.05) is 11.6 Å². The third kappa shape index (κ3) is 4.51. The van der Waals surface area contributed by atoms with E-state index in [1.165, 1.54) is 6.07 Å². The van der Waals surface area contributed by atoms with Crippen LogP contribution in [0.15, 0.2) is 42.5 Å². The number of carbonyl (C=O) groups excluding carboxylic acids is 1. The van der Waals surface area contributed by atoms with Gasteiger partial charge < -0.3 is 5.32 Å². The van der Waals surface area contributed by atoms with E-state index in [1.54, 1.807) is 29.8 Å². The summed E-state index contributed by atoms with van der Waals surface area (Å²) in [5.41, 5.74) is -0.0383. The number of nitrogens with one attached hydrogen (secondary N) is 1. The number of tetrazole rings is 1. The summed E-state index contributed by atoms with van der Waals surface area (Å²) in [6.07, 6.45) is -4.61. The molecule has 0 bridgehead atoms. The third-order valence-corrected chi connectivity index (χ3v) is 4.14. The van der Waals surface area contributed by atoms with E-state index in [0.717, 1.165) is 17.7 Å². The summed E-state index contributed by atoms with van der Waals surface area (Å²) in [6, 6.07) is 10.3. The van der Waals surface area contributed by atoms with Gasteiger partial charge in [0.1, 0.15) is 17.2 Å². The number of hydrogen-bond donors (Lipinski definition) is 1. The predicted molar refractivity (Wildman–Crippen MR) is 94.6 cm³/mol. The van der Waals surface area contributed by atoms with Crippen molar-refractivity contribution in [3.8, 4) is 0 Å². The first-order valence-corrected chi connectivity index (χ1v) is 8.42. The van der Waals surface area contributed by atoms with Gasteiger partial charge in [-0.3, -0.25) is 4.79 Å². The number of benzene rings is 1. The number of pyridine rings is 1. The lowest BCUT2D eigenvalue weighted by Crippen LogP contribution is -2.17. The Bertz CT molecular complexity index is 985. The maximum Gasteiger partial charge on any atom is 0.433 e. The highest BCUT2D eigenvalue weighted by atomic mass is 19.4. The summed E-state index contributed by atoms with van der Waals surface area (Å²) in [5.74, 6) is 0.0184. The van der Waals surface area contributed by atoms with Gasteiger partial charge in [-0.1, -0.05) is 25.1 Å². The second-order valence-electron chi connectivity index (χ2n) is 6.29. The van der Waals surface area contributed by atoms with Crippen LogP contribution < -0.4 is 5.32 Å². The smallest absolute Gasteiger partial charge is 0.321 e. The third-order valence-electron chi connectivity index (χ3n) is 4.14. The largest absolute Gasteiger partial charge is 0.433 e. The van der Waals surface area contributed by atoms with Gasteiger partial charge >= 0.3 is 6.18 Å². The molecule has 0 radical (unpaired) electrons. The Kier molecular flexibility index (Phi) is 5.39. The number of amides is 1. The van der Waals surface area contributed by atoms with Gasteiger partial charge in [0.15, 0.2) is 0 Å². The molecule has 7 nitrogen and oxygen atoms in total. The first kappa shape index (κ1) is 19.5. The van der Waals surface area contributed by atoms with Crippen LogP contribution in [-0.4, -0.2) is 31.1 Å². The van der Waals surface area contributed by atoms with Crippen LogP contribution in [0.25, 0.3) is 0 Å². The molecule has 1 amide bonds. The van der Waals surface area contributed by atoms with Crippen molar-refractivity contribution in [1.29, 1.82) is 0 Å². The molecule has 1 atom stereocenters. The zero-order valence-corrected chi connectivity index (χ0v) is 15.1. The molecule has 28 heavy (non-hydrogen) atoms. The Labute approximate surface area is 158 Å². The average Bonchev–Trinajstić information content (AvgIpc) is 3.06. The fourth-order valence-electron chi connectivity index (χ4n) is 2.62. The highest BCUT2D eigenvalue weighted by molar-refractivity contribution is 6.02. The van der Waals surface area contributed by atoms with Gasteiger partial charge in [-0.2, -0.15) is 13.2 Å². The number of nitrogens with zero attached hydrogens (tertiary/aromatic N) is 5. The van der Waals surface area contributed by atoms with Crippen LogP contribution in [0.5, 0.6) is 0 Å². The van der Waals surface area contributed by atoms with Gasteiger partial charge in [-0.15, -0.1) is 5.10 Å². The van der Waals surface area contributed by atoms with Crippen molar-refractivity contribution in [2.45, 2.75) is 32.5 Å². The molecule has 0 saturated heterocycles. The number of halogens is 3. The molecule has 2 heterocycles. The standard InChI is InChI=1S/C18H17F3N6O/c1-11(10-27-12(2)24-25-26-27)13-5-3-6-14(9-13)22-17(28)15-7-4-8-16(23-15)18(19,20)21/h3-9,11H,10H2,1-2H3,(H,22,28). The predicted octanol–water partition coefficient (Wildman–Crippen LogP) is 3.45. The molecule has 0 aliphatic carbocycles. The van der Waals surface area contributed by atoms with Crippen LogP contribution in [-0.2, 0) is 12.7 Å². The van der Waals surface area contributed by atoms with Gasteiger partial charge in [-0.25, -0.2) is 9.67 Å². The zero-order chi connectivity index (χ0) is 20.3. The van der Waals surface area contributed by atoms with Crippen LogP contribution in [0.3, 0.4) is 0 Å². The normalized spacial score (nSPS) is 12.6. The minimum atomic E-state index is -4.61. The minimum absolute atomic E-state index is 0.0470. The Hall–Kier alpha value is -3.30. The maximum absolute atomic E-state index is 12.8. The fraction of sp³-hybridized carbons (Fsp3) is 0.278. The molecule has 3 rings (SSSR count). The number of aromatic nitrogens is 5. The molecular formula is C18H17F3N6O. The van der Waals surface area contributed by atoms with Crippen LogP contribution in [0.2, 0.25) is 0 Å².